The molecule has 2 aromatic carbocycles. The second-order valence-corrected chi connectivity index (χ2v) is 8.96. The van der Waals surface area contributed by atoms with Gasteiger partial charge in [-0.1, -0.05) is 30.4 Å². The molecule has 10 nitrogen and oxygen atoms in total. The first-order valence-corrected chi connectivity index (χ1v) is 11.9. The molecule has 0 spiro atoms. The van der Waals surface area contributed by atoms with Crippen molar-refractivity contribution in [1.29, 1.82) is 0 Å². The zero-order valence-corrected chi connectivity index (χ0v) is 19.5. The van der Waals surface area contributed by atoms with Crippen molar-refractivity contribution in [2.75, 3.05) is 5.73 Å². The Morgan fingerprint density at radius 1 is 0.865 bits per heavy atom. The van der Waals surface area contributed by atoms with Crippen molar-refractivity contribution in [1.82, 2.24) is 24.3 Å². The predicted octanol–water partition coefficient (Wildman–Crippen LogP) is 4.46. The number of benzene rings is 2. The van der Waals surface area contributed by atoms with Crippen LogP contribution in [-0.4, -0.2) is 34.5 Å². The number of aryl methyl sites for hydroxylation is 1. The highest BCUT2D eigenvalue weighted by atomic mass is 16.5. The maximum atomic E-state index is 10.8. The van der Waals surface area contributed by atoms with Crippen LogP contribution < -0.4 is 10.5 Å². The number of aromatic nitrogens is 5. The van der Waals surface area contributed by atoms with Crippen molar-refractivity contribution in [3.63, 3.8) is 0 Å². The Balaban J connectivity index is 1.20. The minimum atomic E-state index is -0.328. The zero-order chi connectivity index (χ0) is 25.1. The molecule has 184 valence electrons. The van der Waals surface area contributed by atoms with Gasteiger partial charge in [0.15, 0.2) is 5.65 Å². The highest BCUT2D eigenvalue weighted by Crippen LogP contribution is 2.54. The Morgan fingerprint density at radius 3 is 2.24 bits per heavy atom. The molecule has 3 aromatic heterocycles. The number of nitrogen functional groups attached to an aromatic ring is 1. The third-order valence-electron chi connectivity index (χ3n) is 6.81. The van der Waals surface area contributed by atoms with Crippen LogP contribution in [0.25, 0.3) is 22.3 Å². The van der Waals surface area contributed by atoms with E-state index < -0.39 is 0 Å². The normalized spacial score (nSPS) is 17.5. The minimum Gasteiger partial charge on any atom is -0.494 e. The fourth-order valence-electron chi connectivity index (χ4n) is 5.07. The number of nitrogens with two attached hydrogens (primary N) is 1. The predicted molar refractivity (Wildman–Crippen MR) is 135 cm³/mol. The summed E-state index contributed by atoms with van der Waals surface area (Å²) in [5.74, 6) is 1.78. The van der Waals surface area contributed by atoms with Crippen LogP contribution in [0.5, 0.6) is 23.3 Å². The molecule has 37 heavy (non-hydrogen) atoms. The summed E-state index contributed by atoms with van der Waals surface area (Å²) in [7, 11) is 0. The average Bonchev–Trinajstić information content (AvgIpc) is 3.68. The molecule has 0 radical (unpaired) electrons. The standard InChI is InChI=1S/C27H22N6O4/c28-24-22-23(15-6-8-17(9-7-15)36-16-4-2-1-3-5-16)31-33(25(22)30-14-29-24)13-12-32-26(34)20-18-10-11-19(37-18)21(20)27(32)35/h1-11,14,18-19,34-35H,12-13H2,(H2,28,29,30). The number of ether oxygens (including phenoxy) is 2. The lowest BCUT2D eigenvalue weighted by Gasteiger charge is -2.10. The van der Waals surface area contributed by atoms with Gasteiger partial charge in [0.05, 0.1) is 23.1 Å². The van der Waals surface area contributed by atoms with Crippen molar-refractivity contribution in [2.24, 2.45) is 0 Å². The summed E-state index contributed by atoms with van der Waals surface area (Å²) in [4.78, 5) is 8.59. The second kappa shape index (κ2) is 8.10. The van der Waals surface area contributed by atoms with Gasteiger partial charge in [-0.2, -0.15) is 5.10 Å². The van der Waals surface area contributed by atoms with E-state index in [1.807, 2.05) is 66.7 Å². The Labute approximate surface area is 210 Å². The van der Waals surface area contributed by atoms with Crippen LogP contribution in [-0.2, 0) is 17.8 Å². The van der Waals surface area contributed by atoms with Gasteiger partial charge in [-0.15, -0.1) is 0 Å². The summed E-state index contributed by atoms with van der Waals surface area (Å²) in [5.41, 5.74) is 9.53. The van der Waals surface area contributed by atoms with Gasteiger partial charge >= 0.3 is 0 Å². The molecule has 7 rings (SSSR count). The molecule has 0 saturated carbocycles. The van der Waals surface area contributed by atoms with Crippen LogP contribution >= 0.6 is 0 Å². The van der Waals surface area contributed by atoms with Crippen LogP contribution in [0.2, 0.25) is 0 Å². The second-order valence-electron chi connectivity index (χ2n) is 8.96. The van der Waals surface area contributed by atoms with E-state index in [9.17, 15) is 10.2 Å². The van der Waals surface area contributed by atoms with Crippen molar-refractivity contribution in [2.45, 2.75) is 25.3 Å². The van der Waals surface area contributed by atoms with E-state index in [4.69, 9.17) is 20.3 Å². The number of anilines is 1. The third-order valence-corrected chi connectivity index (χ3v) is 6.81. The minimum absolute atomic E-state index is 0.00387. The molecule has 4 N–H and O–H groups in total. The lowest BCUT2D eigenvalue weighted by atomic mass is 10.0. The Hall–Kier alpha value is -4.83. The largest absolute Gasteiger partial charge is 0.494 e. The molecule has 10 heteroatoms. The molecule has 0 aliphatic carbocycles. The molecule has 0 amide bonds. The van der Waals surface area contributed by atoms with Gasteiger partial charge in [0, 0.05) is 12.1 Å². The highest BCUT2D eigenvalue weighted by molar-refractivity contribution is 5.98. The first-order chi connectivity index (χ1) is 18.1. The number of para-hydroxylation sites is 1. The number of fused-ring (bicyclic) bond motifs is 6. The molecule has 2 bridgehead atoms. The zero-order valence-electron chi connectivity index (χ0n) is 19.5. The maximum absolute atomic E-state index is 10.8. The molecule has 2 unspecified atom stereocenters. The summed E-state index contributed by atoms with van der Waals surface area (Å²) in [6.45, 7) is 0.606. The van der Waals surface area contributed by atoms with E-state index in [0.717, 1.165) is 11.3 Å². The van der Waals surface area contributed by atoms with E-state index in [2.05, 4.69) is 9.97 Å². The van der Waals surface area contributed by atoms with Crippen molar-refractivity contribution < 1.29 is 19.7 Å². The summed E-state index contributed by atoms with van der Waals surface area (Å²) in [5, 5.41) is 27.0. The molecule has 0 saturated heterocycles. The number of hydrogen-bond acceptors (Lipinski definition) is 8. The van der Waals surface area contributed by atoms with Gasteiger partial charge in [0.1, 0.15) is 41.5 Å². The van der Waals surface area contributed by atoms with E-state index in [1.165, 1.54) is 10.9 Å². The summed E-state index contributed by atoms with van der Waals surface area (Å²) >= 11 is 0. The molecule has 5 heterocycles. The van der Waals surface area contributed by atoms with Gasteiger partial charge in [-0.05, 0) is 36.4 Å². The third kappa shape index (κ3) is 3.34. The van der Waals surface area contributed by atoms with Gasteiger partial charge in [-0.25, -0.2) is 14.6 Å². The van der Waals surface area contributed by atoms with Crippen LogP contribution in [0.3, 0.4) is 0 Å². The molecule has 0 fully saturated rings. The van der Waals surface area contributed by atoms with Gasteiger partial charge < -0.3 is 25.4 Å². The van der Waals surface area contributed by atoms with E-state index in [1.54, 1.807) is 4.68 Å². The van der Waals surface area contributed by atoms with Gasteiger partial charge in [0.2, 0.25) is 11.8 Å². The maximum Gasteiger partial charge on any atom is 0.200 e. The summed E-state index contributed by atoms with van der Waals surface area (Å²) in [6.07, 6.45) is 4.52. The molecular weight excluding hydrogens is 472 g/mol. The number of hydrogen-bond donors (Lipinski definition) is 3. The van der Waals surface area contributed by atoms with Crippen molar-refractivity contribution in [3.8, 4) is 34.5 Å². The van der Waals surface area contributed by atoms with E-state index in [0.29, 0.717) is 46.0 Å². The fourth-order valence-corrected chi connectivity index (χ4v) is 5.07. The Kier molecular flexibility index (Phi) is 4.70. The molecule has 2 atom stereocenters. The fraction of sp³-hybridized carbons (Fsp3) is 0.148. The quantitative estimate of drug-likeness (QED) is 0.295. The first-order valence-electron chi connectivity index (χ1n) is 11.9. The summed E-state index contributed by atoms with van der Waals surface area (Å²) < 4.78 is 14.8. The summed E-state index contributed by atoms with van der Waals surface area (Å²) in [6, 6.07) is 17.1. The SMILES string of the molecule is Nc1ncnc2c1c(-c1ccc(Oc3ccccc3)cc1)nn2CCn1c(O)c2c(c1O)C1C=CC2O1. The van der Waals surface area contributed by atoms with Crippen LogP contribution in [0.1, 0.15) is 23.3 Å². The van der Waals surface area contributed by atoms with Gasteiger partial charge in [-0.3, -0.25) is 4.57 Å². The van der Waals surface area contributed by atoms with E-state index in [-0.39, 0.29) is 30.5 Å². The van der Waals surface area contributed by atoms with Crippen molar-refractivity contribution in [3.05, 3.63) is 84.2 Å². The first kappa shape index (κ1) is 21.5. The Morgan fingerprint density at radius 2 is 1.54 bits per heavy atom. The lowest BCUT2D eigenvalue weighted by Crippen LogP contribution is -2.09. The van der Waals surface area contributed by atoms with E-state index >= 15 is 0 Å². The number of aromatic hydroxyl groups is 2. The monoisotopic (exact) mass is 494 g/mol. The van der Waals surface area contributed by atoms with Crippen LogP contribution in [0, 0.1) is 0 Å². The van der Waals surface area contributed by atoms with Gasteiger partial charge in [0.25, 0.3) is 0 Å². The molecule has 2 aliphatic heterocycles. The number of nitrogens with zero attached hydrogens (tertiary/aromatic N) is 5. The highest BCUT2D eigenvalue weighted by Gasteiger charge is 2.42. The number of rotatable bonds is 6. The Bertz CT molecular complexity index is 1640. The van der Waals surface area contributed by atoms with Crippen LogP contribution in [0.15, 0.2) is 73.1 Å². The smallest absolute Gasteiger partial charge is 0.200 e. The molecular formula is C27H22N6O4. The van der Waals surface area contributed by atoms with Crippen LogP contribution in [0.4, 0.5) is 5.82 Å². The molecule has 5 aromatic rings. The lowest BCUT2D eigenvalue weighted by molar-refractivity contribution is 0.0836. The topological polar surface area (TPSA) is 133 Å². The average molecular weight is 495 g/mol. The van der Waals surface area contributed by atoms with Crippen molar-refractivity contribution >= 4 is 16.9 Å². The molecule has 2 aliphatic rings.